The van der Waals surface area contributed by atoms with E-state index in [0.29, 0.717) is 11.1 Å². The van der Waals surface area contributed by atoms with Gasteiger partial charge in [-0.3, -0.25) is 0 Å². The van der Waals surface area contributed by atoms with Crippen molar-refractivity contribution in [2.75, 3.05) is 0 Å². The molecule has 22 heavy (non-hydrogen) atoms. The first-order valence-electron chi connectivity index (χ1n) is 6.78. The van der Waals surface area contributed by atoms with Crippen LogP contribution in [0.1, 0.15) is 27.2 Å². The van der Waals surface area contributed by atoms with E-state index in [-0.39, 0.29) is 0 Å². The van der Waals surface area contributed by atoms with Crippen LogP contribution in [0.4, 0.5) is 0 Å². The molecule has 0 spiro atoms. The summed E-state index contributed by atoms with van der Waals surface area (Å²) >= 11 is 3.42. The van der Waals surface area contributed by atoms with Gasteiger partial charge in [-0.15, -0.1) is 0 Å². The number of aromatic carboxylic acids is 1. The van der Waals surface area contributed by atoms with Crippen LogP contribution in [-0.2, 0) is 0 Å². The van der Waals surface area contributed by atoms with E-state index in [9.17, 15) is 9.90 Å². The van der Waals surface area contributed by atoms with Gasteiger partial charge in [-0.25, -0.2) is 4.79 Å². The van der Waals surface area contributed by atoms with Crippen LogP contribution in [0, 0.1) is 6.92 Å². The molecule has 1 N–H and O–H groups in total. The zero-order chi connectivity index (χ0) is 15.9. The van der Waals surface area contributed by atoms with Crippen molar-refractivity contribution in [1.82, 2.24) is 4.40 Å². The Bertz CT molecular complexity index is 891. The monoisotopic (exact) mass is 355 g/mol. The first-order chi connectivity index (χ1) is 10.5. The third-order valence-electron chi connectivity index (χ3n) is 3.78. The normalized spacial score (nSPS) is 10.8. The van der Waals surface area contributed by atoms with E-state index >= 15 is 0 Å². The Labute approximate surface area is 136 Å². The van der Waals surface area contributed by atoms with Crippen molar-refractivity contribution in [3.63, 3.8) is 0 Å². The molecule has 2 heterocycles. The van der Waals surface area contributed by atoms with Crippen LogP contribution in [0.3, 0.4) is 0 Å². The molecule has 1 aromatic carbocycles. The molecule has 0 aliphatic carbocycles. The molecule has 3 aromatic rings. The second kappa shape index (κ2) is 5.46. The number of hydrogen-bond acceptors (Lipinski definition) is 1. The third kappa shape index (κ3) is 2.35. The van der Waals surface area contributed by atoms with Gasteiger partial charge in [-0.1, -0.05) is 34.6 Å². The fraction of sp³-hybridized carbons (Fsp3) is 0.0556. The number of nitrogens with zero attached hydrogens (tertiary/aromatic N) is 1. The highest BCUT2D eigenvalue weighted by atomic mass is 79.9. The van der Waals surface area contributed by atoms with Gasteiger partial charge in [0.2, 0.25) is 0 Å². The third-order valence-corrected chi connectivity index (χ3v) is 4.31. The number of carboxylic acid groups (broad SMARTS) is 1. The van der Waals surface area contributed by atoms with Gasteiger partial charge in [0.05, 0.1) is 11.3 Å². The Morgan fingerprint density at radius 1 is 1.23 bits per heavy atom. The van der Waals surface area contributed by atoms with Gasteiger partial charge in [0.1, 0.15) is 0 Å². The number of carbonyl (C=O) groups is 1. The number of hydrogen-bond donors (Lipinski definition) is 1. The van der Waals surface area contributed by atoms with Crippen LogP contribution in [0.25, 0.3) is 11.1 Å². The summed E-state index contributed by atoms with van der Waals surface area (Å²) in [5.41, 5.74) is 4.44. The first-order valence-corrected chi connectivity index (χ1v) is 7.57. The molecule has 0 aliphatic rings. The molecular formula is C18H14BrNO2. The largest absolute Gasteiger partial charge is 0.478 e. The average Bonchev–Trinajstić information content (AvgIpc) is 2.94. The minimum Gasteiger partial charge on any atom is -0.478 e. The van der Waals surface area contributed by atoms with Crippen molar-refractivity contribution < 1.29 is 9.90 Å². The lowest BCUT2D eigenvalue weighted by Gasteiger charge is -2.15. The summed E-state index contributed by atoms with van der Waals surface area (Å²) in [7, 11) is 0. The van der Waals surface area contributed by atoms with Crippen molar-refractivity contribution in [3.8, 4) is 0 Å². The second-order valence-corrected chi connectivity index (χ2v) is 6.04. The van der Waals surface area contributed by atoms with Crippen molar-refractivity contribution in [2.45, 2.75) is 6.92 Å². The molecule has 0 saturated heterocycles. The zero-order valence-electron chi connectivity index (χ0n) is 12.0. The summed E-state index contributed by atoms with van der Waals surface area (Å²) < 4.78 is 2.97. The summed E-state index contributed by atoms with van der Waals surface area (Å²) in [6.45, 7) is 6.01. The van der Waals surface area contributed by atoms with E-state index in [1.807, 2.05) is 53.9 Å². The highest BCUT2D eigenvalue weighted by molar-refractivity contribution is 9.10. The van der Waals surface area contributed by atoms with E-state index in [4.69, 9.17) is 0 Å². The summed E-state index contributed by atoms with van der Waals surface area (Å²) in [5.74, 6) is -0.925. The fourth-order valence-corrected chi connectivity index (χ4v) is 2.93. The molecule has 3 nitrogen and oxygen atoms in total. The zero-order valence-corrected chi connectivity index (χ0v) is 13.6. The number of benzene rings is 1. The second-order valence-electron chi connectivity index (χ2n) is 5.13. The molecular weight excluding hydrogens is 342 g/mol. The quantitative estimate of drug-likeness (QED) is 0.735. The predicted molar refractivity (Wildman–Crippen MR) is 91.4 cm³/mol. The van der Waals surface area contributed by atoms with Gasteiger partial charge in [-0.2, -0.15) is 0 Å². The van der Waals surface area contributed by atoms with Crippen LogP contribution in [-0.4, -0.2) is 15.5 Å². The average molecular weight is 356 g/mol. The smallest absolute Gasteiger partial charge is 0.336 e. The van der Waals surface area contributed by atoms with Crippen molar-refractivity contribution in [1.29, 1.82) is 0 Å². The Morgan fingerprint density at radius 2 is 1.91 bits per heavy atom. The van der Waals surface area contributed by atoms with Gasteiger partial charge in [0, 0.05) is 16.2 Å². The number of rotatable bonds is 3. The van der Waals surface area contributed by atoms with Gasteiger partial charge in [0.15, 0.2) is 0 Å². The lowest BCUT2D eigenvalue weighted by Crippen LogP contribution is -2.07. The number of pyridine rings is 1. The lowest BCUT2D eigenvalue weighted by atomic mass is 9.97. The highest BCUT2D eigenvalue weighted by Crippen LogP contribution is 2.29. The van der Waals surface area contributed by atoms with Crippen molar-refractivity contribution in [2.24, 2.45) is 0 Å². The maximum absolute atomic E-state index is 11.5. The number of aromatic nitrogens is 1. The molecule has 0 radical (unpaired) electrons. The first kappa shape index (κ1) is 14.6. The topological polar surface area (TPSA) is 41.7 Å². The number of halogens is 1. The van der Waals surface area contributed by atoms with E-state index in [1.165, 1.54) is 0 Å². The molecule has 0 unspecified atom stereocenters. The van der Waals surface area contributed by atoms with E-state index in [0.717, 1.165) is 26.8 Å². The summed E-state index contributed by atoms with van der Waals surface area (Å²) in [5, 5.41) is 9.43. The molecule has 0 saturated carbocycles. The lowest BCUT2D eigenvalue weighted by molar-refractivity contribution is 0.0696. The minimum absolute atomic E-state index is 0.305. The summed E-state index contributed by atoms with van der Waals surface area (Å²) in [6.07, 6.45) is 1.92. The van der Waals surface area contributed by atoms with Crippen molar-refractivity contribution in [3.05, 3.63) is 82.1 Å². The highest BCUT2D eigenvalue weighted by Gasteiger charge is 2.17. The van der Waals surface area contributed by atoms with Gasteiger partial charge in [-0.05, 0) is 54.0 Å². The molecule has 0 bridgehead atoms. The van der Waals surface area contributed by atoms with E-state index in [1.54, 1.807) is 6.07 Å². The maximum atomic E-state index is 11.5. The summed E-state index contributed by atoms with van der Waals surface area (Å²) in [4.78, 5) is 11.5. The SMILES string of the molecule is C=C(c1ccc(Br)cc1)c1c(C)c(C(=O)O)cc2cccn12. The summed E-state index contributed by atoms with van der Waals surface area (Å²) in [6, 6.07) is 13.3. The predicted octanol–water partition coefficient (Wildman–Crippen LogP) is 4.77. The van der Waals surface area contributed by atoms with Crippen LogP contribution >= 0.6 is 15.9 Å². The van der Waals surface area contributed by atoms with Crippen LogP contribution < -0.4 is 0 Å². The number of carboxylic acids is 1. The molecule has 0 amide bonds. The maximum Gasteiger partial charge on any atom is 0.336 e. The van der Waals surface area contributed by atoms with Crippen molar-refractivity contribution >= 4 is 33.0 Å². The molecule has 3 rings (SSSR count). The Hall–Kier alpha value is -2.33. The standard InChI is InChI=1S/C18H14BrNO2/c1-11(13-5-7-14(19)8-6-13)17-12(2)16(18(21)22)10-15-4-3-9-20(15)17/h3-10H,1H2,2H3,(H,21,22). The molecule has 4 heteroatoms. The Balaban J connectivity index is 2.26. The van der Waals surface area contributed by atoms with Crippen LogP contribution in [0.15, 0.2) is 59.7 Å². The molecule has 110 valence electrons. The van der Waals surface area contributed by atoms with Gasteiger partial charge >= 0.3 is 5.97 Å². The molecule has 0 aliphatic heterocycles. The Morgan fingerprint density at radius 3 is 2.55 bits per heavy atom. The minimum atomic E-state index is -0.925. The van der Waals surface area contributed by atoms with Crippen LogP contribution in [0.5, 0.6) is 0 Å². The molecule has 0 atom stereocenters. The van der Waals surface area contributed by atoms with Crippen LogP contribution in [0.2, 0.25) is 0 Å². The molecule has 2 aromatic heterocycles. The van der Waals surface area contributed by atoms with E-state index in [2.05, 4.69) is 22.5 Å². The fourth-order valence-electron chi connectivity index (χ4n) is 2.66. The Kier molecular flexibility index (Phi) is 3.62. The molecule has 0 fully saturated rings. The number of fused-ring (bicyclic) bond motifs is 1. The van der Waals surface area contributed by atoms with Gasteiger partial charge < -0.3 is 9.51 Å². The van der Waals surface area contributed by atoms with E-state index < -0.39 is 5.97 Å². The van der Waals surface area contributed by atoms with Gasteiger partial charge in [0.25, 0.3) is 0 Å².